The fraction of sp³-hybridized carbons (Fsp3) is 0.462. The number of rotatable bonds is 5. The van der Waals surface area contributed by atoms with Crippen molar-refractivity contribution in [2.45, 2.75) is 33.6 Å². The molecular formula is C13H18ClN5. The first-order chi connectivity index (χ1) is 9.17. The van der Waals surface area contributed by atoms with Crippen LogP contribution in [0.15, 0.2) is 12.5 Å². The Balaban J connectivity index is 2.51. The zero-order valence-electron chi connectivity index (χ0n) is 11.4. The fourth-order valence-electron chi connectivity index (χ4n) is 1.95. The Kier molecular flexibility index (Phi) is 4.37. The van der Waals surface area contributed by atoms with Crippen LogP contribution >= 0.6 is 11.6 Å². The largest absolute Gasteiger partial charge is 0.370 e. The highest BCUT2D eigenvalue weighted by Crippen LogP contribution is 2.22. The van der Waals surface area contributed by atoms with Crippen LogP contribution in [0.2, 0.25) is 5.02 Å². The van der Waals surface area contributed by atoms with Crippen LogP contribution in [0, 0.1) is 6.92 Å². The van der Waals surface area contributed by atoms with Gasteiger partial charge < -0.3 is 5.32 Å². The minimum absolute atomic E-state index is 0.645. The SMILES string of the molecule is CCCc1c(NCC)ncnc1-n1cc(Cl)c(C)n1. The van der Waals surface area contributed by atoms with Gasteiger partial charge in [-0.15, -0.1) is 0 Å². The highest BCUT2D eigenvalue weighted by Gasteiger charge is 2.14. The number of anilines is 1. The third-order valence-electron chi connectivity index (χ3n) is 2.82. The van der Waals surface area contributed by atoms with E-state index in [9.17, 15) is 0 Å². The topological polar surface area (TPSA) is 55.6 Å². The lowest BCUT2D eigenvalue weighted by atomic mass is 10.1. The number of halogens is 1. The third kappa shape index (κ3) is 2.87. The minimum Gasteiger partial charge on any atom is -0.370 e. The molecule has 102 valence electrons. The molecule has 0 unspecified atom stereocenters. The number of hydrogen-bond donors (Lipinski definition) is 1. The summed E-state index contributed by atoms with van der Waals surface area (Å²) < 4.78 is 1.73. The van der Waals surface area contributed by atoms with Gasteiger partial charge in [0.05, 0.1) is 16.9 Å². The van der Waals surface area contributed by atoms with Crippen molar-refractivity contribution in [3.63, 3.8) is 0 Å². The summed E-state index contributed by atoms with van der Waals surface area (Å²) in [4.78, 5) is 8.66. The summed E-state index contributed by atoms with van der Waals surface area (Å²) in [5.41, 5.74) is 1.87. The minimum atomic E-state index is 0.645. The van der Waals surface area contributed by atoms with Crippen molar-refractivity contribution in [2.24, 2.45) is 0 Å². The van der Waals surface area contributed by atoms with Crippen molar-refractivity contribution >= 4 is 17.4 Å². The molecule has 0 aromatic carbocycles. The van der Waals surface area contributed by atoms with E-state index in [1.807, 2.05) is 13.8 Å². The number of nitrogens with zero attached hydrogens (tertiary/aromatic N) is 4. The molecule has 0 aliphatic carbocycles. The van der Waals surface area contributed by atoms with Crippen molar-refractivity contribution in [3.05, 3.63) is 28.8 Å². The first-order valence-electron chi connectivity index (χ1n) is 6.47. The summed E-state index contributed by atoms with van der Waals surface area (Å²) in [6.07, 6.45) is 5.26. The van der Waals surface area contributed by atoms with Crippen LogP contribution in [-0.4, -0.2) is 26.3 Å². The Morgan fingerprint density at radius 2 is 2.11 bits per heavy atom. The van der Waals surface area contributed by atoms with Crippen LogP contribution in [0.5, 0.6) is 0 Å². The first kappa shape index (κ1) is 13.8. The van der Waals surface area contributed by atoms with Gasteiger partial charge in [-0.25, -0.2) is 14.6 Å². The van der Waals surface area contributed by atoms with Crippen LogP contribution in [0.4, 0.5) is 5.82 Å². The molecule has 0 saturated carbocycles. The standard InChI is InChI=1S/C13H18ClN5/c1-4-6-10-12(15-5-2)16-8-17-13(10)19-7-11(14)9(3)18-19/h7-8H,4-6H2,1-3H3,(H,15,16,17). The molecule has 6 heteroatoms. The molecule has 0 bridgehead atoms. The zero-order valence-corrected chi connectivity index (χ0v) is 12.2. The maximum absolute atomic E-state index is 6.07. The van der Waals surface area contributed by atoms with Gasteiger partial charge in [-0.05, 0) is 20.3 Å². The Labute approximate surface area is 118 Å². The molecule has 2 rings (SSSR count). The second kappa shape index (κ2) is 6.02. The molecule has 0 aliphatic heterocycles. The van der Waals surface area contributed by atoms with E-state index in [0.29, 0.717) is 5.02 Å². The molecule has 0 radical (unpaired) electrons. The average Bonchev–Trinajstić information content (AvgIpc) is 2.72. The summed E-state index contributed by atoms with van der Waals surface area (Å²) in [6, 6.07) is 0. The van der Waals surface area contributed by atoms with E-state index in [4.69, 9.17) is 11.6 Å². The molecule has 2 aromatic heterocycles. The molecule has 2 heterocycles. The monoisotopic (exact) mass is 279 g/mol. The van der Waals surface area contributed by atoms with Crippen molar-refractivity contribution in [2.75, 3.05) is 11.9 Å². The van der Waals surface area contributed by atoms with Crippen LogP contribution in [-0.2, 0) is 6.42 Å². The molecule has 1 N–H and O–H groups in total. The molecule has 0 fully saturated rings. The number of aryl methyl sites for hydroxylation is 1. The normalized spacial score (nSPS) is 10.7. The highest BCUT2D eigenvalue weighted by atomic mass is 35.5. The maximum Gasteiger partial charge on any atom is 0.162 e. The van der Waals surface area contributed by atoms with Crippen LogP contribution in [0.3, 0.4) is 0 Å². The summed E-state index contributed by atoms with van der Waals surface area (Å²) in [5, 5.41) is 8.30. The number of hydrogen-bond acceptors (Lipinski definition) is 4. The average molecular weight is 280 g/mol. The molecule has 19 heavy (non-hydrogen) atoms. The number of nitrogens with one attached hydrogen (secondary N) is 1. The van der Waals surface area contributed by atoms with E-state index in [-0.39, 0.29) is 0 Å². The van der Waals surface area contributed by atoms with E-state index >= 15 is 0 Å². The van der Waals surface area contributed by atoms with E-state index < -0.39 is 0 Å². The Hall–Kier alpha value is -1.62. The Morgan fingerprint density at radius 3 is 2.68 bits per heavy atom. The van der Waals surface area contributed by atoms with Gasteiger partial charge in [-0.1, -0.05) is 24.9 Å². The number of aromatic nitrogens is 4. The van der Waals surface area contributed by atoms with Gasteiger partial charge in [0.1, 0.15) is 12.1 Å². The first-order valence-corrected chi connectivity index (χ1v) is 6.85. The Bertz CT molecular complexity index is 545. The van der Waals surface area contributed by atoms with E-state index in [2.05, 4.69) is 27.3 Å². The summed E-state index contributed by atoms with van der Waals surface area (Å²) in [5.74, 6) is 1.67. The lowest BCUT2D eigenvalue weighted by Gasteiger charge is -2.12. The molecule has 0 atom stereocenters. The predicted octanol–water partition coefficient (Wildman–Crippen LogP) is 3.01. The van der Waals surface area contributed by atoms with Crippen molar-refractivity contribution in [1.29, 1.82) is 0 Å². The van der Waals surface area contributed by atoms with Gasteiger partial charge in [0.15, 0.2) is 5.82 Å². The van der Waals surface area contributed by atoms with Gasteiger partial charge in [0, 0.05) is 12.1 Å². The second-order valence-electron chi connectivity index (χ2n) is 4.31. The summed E-state index contributed by atoms with van der Waals surface area (Å²) in [7, 11) is 0. The van der Waals surface area contributed by atoms with Crippen molar-refractivity contribution in [3.8, 4) is 5.82 Å². The maximum atomic E-state index is 6.07. The van der Waals surface area contributed by atoms with E-state index in [0.717, 1.165) is 42.3 Å². The molecule has 5 nitrogen and oxygen atoms in total. The molecule has 2 aromatic rings. The second-order valence-corrected chi connectivity index (χ2v) is 4.72. The van der Waals surface area contributed by atoms with E-state index in [1.54, 1.807) is 17.2 Å². The van der Waals surface area contributed by atoms with Crippen LogP contribution < -0.4 is 5.32 Å². The fourth-order valence-corrected chi connectivity index (χ4v) is 2.08. The lowest BCUT2D eigenvalue weighted by molar-refractivity contribution is 0.791. The molecule has 0 amide bonds. The lowest BCUT2D eigenvalue weighted by Crippen LogP contribution is -2.10. The van der Waals surface area contributed by atoms with Crippen molar-refractivity contribution in [1.82, 2.24) is 19.7 Å². The summed E-state index contributed by atoms with van der Waals surface area (Å²) >= 11 is 6.07. The van der Waals surface area contributed by atoms with Gasteiger partial charge in [-0.3, -0.25) is 0 Å². The van der Waals surface area contributed by atoms with Crippen LogP contribution in [0.25, 0.3) is 5.82 Å². The predicted molar refractivity (Wildman–Crippen MR) is 77.1 cm³/mol. The van der Waals surface area contributed by atoms with Crippen molar-refractivity contribution < 1.29 is 0 Å². The molecular weight excluding hydrogens is 262 g/mol. The third-order valence-corrected chi connectivity index (χ3v) is 3.19. The molecule has 0 saturated heterocycles. The van der Waals surface area contributed by atoms with Gasteiger partial charge >= 0.3 is 0 Å². The highest BCUT2D eigenvalue weighted by molar-refractivity contribution is 6.31. The molecule has 0 aliphatic rings. The Morgan fingerprint density at radius 1 is 1.32 bits per heavy atom. The van der Waals surface area contributed by atoms with Crippen LogP contribution in [0.1, 0.15) is 31.5 Å². The smallest absolute Gasteiger partial charge is 0.162 e. The quantitative estimate of drug-likeness (QED) is 0.914. The van der Waals surface area contributed by atoms with Gasteiger partial charge in [0.2, 0.25) is 0 Å². The van der Waals surface area contributed by atoms with E-state index in [1.165, 1.54) is 0 Å². The van der Waals surface area contributed by atoms with Gasteiger partial charge in [-0.2, -0.15) is 5.10 Å². The summed E-state index contributed by atoms with van der Waals surface area (Å²) in [6.45, 7) is 6.89. The van der Waals surface area contributed by atoms with Gasteiger partial charge in [0.25, 0.3) is 0 Å². The zero-order chi connectivity index (χ0) is 13.8. The molecule has 0 spiro atoms.